The molecule has 0 aromatic carbocycles. The van der Waals surface area contributed by atoms with E-state index in [1.54, 1.807) is 0 Å². The molecule has 4 N–H and O–H groups in total. The van der Waals surface area contributed by atoms with Gasteiger partial charge in [0.2, 0.25) is 23.6 Å². The summed E-state index contributed by atoms with van der Waals surface area (Å²) in [4.78, 5) is 65.4. The summed E-state index contributed by atoms with van der Waals surface area (Å²) in [6.45, 7) is 14.3. The summed E-state index contributed by atoms with van der Waals surface area (Å²) in [5.41, 5.74) is 1.44. The lowest BCUT2D eigenvalue weighted by Crippen LogP contribution is -2.67. The molecule has 0 aliphatic rings. The van der Waals surface area contributed by atoms with E-state index >= 15 is 0 Å². The Kier molecular flexibility index (Phi) is 9.28. The smallest absolute Gasteiger partial charge is 0.330 e. The van der Waals surface area contributed by atoms with E-state index in [2.05, 4.69) is 36.0 Å². The van der Waals surface area contributed by atoms with Crippen molar-refractivity contribution >= 4 is 29.6 Å². The largest absolute Gasteiger partial charge is 0.467 e. The third-order valence-corrected chi connectivity index (χ3v) is 4.95. The highest BCUT2D eigenvalue weighted by atomic mass is 16.5. The van der Waals surface area contributed by atoms with Gasteiger partial charge in [-0.3, -0.25) is 19.2 Å². The van der Waals surface area contributed by atoms with Crippen molar-refractivity contribution in [2.45, 2.75) is 96.9 Å². The lowest BCUT2D eigenvalue weighted by Gasteiger charge is -2.36. The summed E-state index contributed by atoms with van der Waals surface area (Å²) in [5, 5.41) is 13.5. The molecule has 0 saturated heterocycles. The predicted molar refractivity (Wildman–Crippen MR) is 124 cm³/mol. The highest BCUT2D eigenvalue weighted by Crippen LogP contribution is 2.16. The van der Waals surface area contributed by atoms with E-state index < -0.39 is 57.3 Å². The van der Waals surface area contributed by atoms with Crippen molar-refractivity contribution in [1.29, 1.82) is 0 Å². The topological polar surface area (TPSA) is 191 Å². The van der Waals surface area contributed by atoms with Crippen molar-refractivity contribution in [2.75, 3.05) is 7.11 Å². The SMILES string of the molecule is COC(=O)[C@@](C)([13CH3])NC(=O)C(C)(C)NC(=O)C(C)(C)NC(=O)C(C)(C)NC(=O)C(C)(C)N=[N+]=[N-]. The Morgan fingerprint density at radius 2 is 0.912 bits per heavy atom. The number of azide groups is 1. The number of carbonyl (C=O) groups excluding carboxylic acids is 5. The first-order chi connectivity index (χ1) is 15.1. The molecule has 0 aromatic heterocycles. The first-order valence-corrected chi connectivity index (χ1v) is 10.5. The van der Waals surface area contributed by atoms with Gasteiger partial charge < -0.3 is 26.0 Å². The quantitative estimate of drug-likeness (QED) is 0.117. The molecule has 0 fully saturated rings. The molecular formula is C21H37N7O6. The summed E-state index contributed by atoms with van der Waals surface area (Å²) < 4.78 is 4.66. The Morgan fingerprint density at radius 3 is 1.21 bits per heavy atom. The average molecular weight is 485 g/mol. The Labute approximate surface area is 199 Å². The standard InChI is InChI=1S/C21H37N7O6/c1-17(2,23-13(30)18(3,4)25-15(32)20(7,8)27-28-22)12(29)24-19(5,6)14(31)26-21(9,10)16(33)34-11/h1-11H3,(H,23,30)(H,24,29)(H,25,32)(H,26,31)/i9+1/t21-/m0/s1. The fraction of sp³-hybridized carbons (Fsp3) is 0.762. The Hall–Kier alpha value is -3.34. The summed E-state index contributed by atoms with van der Waals surface area (Å²) in [6, 6.07) is 0. The molecule has 0 spiro atoms. The van der Waals surface area contributed by atoms with Crippen LogP contribution in [0.5, 0.6) is 0 Å². The number of nitrogens with zero attached hydrogens (tertiary/aromatic N) is 3. The van der Waals surface area contributed by atoms with Crippen LogP contribution >= 0.6 is 0 Å². The van der Waals surface area contributed by atoms with Crippen LogP contribution in [0.1, 0.15) is 69.2 Å². The van der Waals surface area contributed by atoms with Gasteiger partial charge in [0.15, 0.2) is 0 Å². The zero-order valence-corrected chi connectivity index (χ0v) is 21.8. The number of ether oxygens (including phenoxy) is 1. The minimum absolute atomic E-state index is 0.647. The Balaban J connectivity index is 5.43. The lowest BCUT2D eigenvalue weighted by atomic mass is 9.95. The lowest BCUT2D eigenvalue weighted by molar-refractivity contribution is -0.150. The number of rotatable bonds is 10. The molecule has 13 nitrogen and oxygen atoms in total. The first kappa shape index (κ1) is 30.7. The van der Waals surface area contributed by atoms with E-state index in [1.807, 2.05) is 0 Å². The molecule has 4 amide bonds. The van der Waals surface area contributed by atoms with Crippen molar-refractivity contribution in [2.24, 2.45) is 5.11 Å². The number of nitrogens with one attached hydrogen (secondary N) is 4. The zero-order valence-electron chi connectivity index (χ0n) is 21.8. The molecule has 0 aromatic rings. The minimum atomic E-state index is -1.49. The van der Waals surface area contributed by atoms with E-state index in [-0.39, 0.29) is 0 Å². The van der Waals surface area contributed by atoms with Crippen molar-refractivity contribution in [3.63, 3.8) is 0 Å². The van der Waals surface area contributed by atoms with Crippen LogP contribution in [0.4, 0.5) is 0 Å². The Morgan fingerprint density at radius 1 is 0.618 bits per heavy atom. The molecule has 0 radical (unpaired) electrons. The number of hydrogen-bond donors (Lipinski definition) is 4. The first-order valence-electron chi connectivity index (χ1n) is 10.5. The molecule has 0 saturated carbocycles. The number of carbonyl (C=O) groups is 5. The van der Waals surface area contributed by atoms with Gasteiger partial charge in [-0.1, -0.05) is 5.11 Å². The van der Waals surface area contributed by atoms with Gasteiger partial charge in [0.1, 0.15) is 27.7 Å². The molecule has 13 heteroatoms. The number of methoxy groups -OCH3 is 1. The maximum atomic E-state index is 12.9. The van der Waals surface area contributed by atoms with Gasteiger partial charge in [0, 0.05) is 4.91 Å². The normalized spacial score (nSPS) is 14.0. The van der Waals surface area contributed by atoms with Crippen LogP contribution in [-0.2, 0) is 28.7 Å². The van der Waals surface area contributed by atoms with Crippen LogP contribution in [0, 0.1) is 0 Å². The Bertz CT molecular complexity index is 899. The second kappa shape index (κ2) is 10.3. The average Bonchev–Trinajstić information content (AvgIpc) is 2.65. The second-order valence-electron chi connectivity index (χ2n) is 10.6. The van der Waals surface area contributed by atoms with Crippen molar-refractivity contribution < 1.29 is 28.7 Å². The van der Waals surface area contributed by atoms with Gasteiger partial charge in [-0.15, -0.1) is 0 Å². The minimum Gasteiger partial charge on any atom is -0.467 e. The maximum absolute atomic E-state index is 12.9. The van der Waals surface area contributed by atoms with E-state index in [9.17, 15) is 24.0 Å². The molecule has 192 valence electrons. The number of hydrogen-bond acceptors (Lipinski definition) is 7. The van der Waals surface area contributed by atoms with E-state index in [4.69, 9.17) is 5.53 Å². The molecular weight excluding hydrogens is 447 g/mol. The summed E-state index contributed by atoms with van der Waals surface area (Å²) in [6.07, 6.45) is 0. The van der Waals surface area contributed by atoms with E-state index in [1.165, 1.54) is 76.3 Å². The van der Waals surface area contributed by atoms with E-state index in [0.29, 0.717) is 0 Å². The van der Waals surface area contributed by atoms with Crippen molar-refractivity contribution in [1.82, 2.24) is 21.3 Å². The zero-order chi connectivity index (χ0) is 27.3. The van der Waals surface area contributed by atoms with Crippen LogP contribution in [-0.4, -0.2) is 64.4 Å². The highest BCUT2D eigenvalue weighted by Gasteiger charge is 2.42. The van der Waals surface area contributed by atoms with Crippen LogP contribution in [0.3, 0.4) is 0 Å². The molecule has 0 unspecified atom stereocenters. The summed E-state index contributed by atoms with van der Waals surface area (Å²) in [7, 11) is 1.19. The molecule has 0 rings (SSSR count). The molecule has 1 atom stereocenters. The molecule has 0 aliphatic heterocycles. The van der Waals surface area contributed by atoms with E-state index in [0.717, 1.165) is 0 Å². The van der Waals surface area contributed by atoms with Crippen LogP contribution in [0.25, 0.3) is 10.4 Å². The molecule has 0 bridgehead atoms. The monoisotopic (exact) mass is 484 g/mol. The molecule has 34 heavy (non-hydrogen) atoms. The number of esters is 1. The van der Waals surface area contributed by atoms with Crippen LogP contribution < -0.4 is 21.3 Å². The predicted octanol–water partition coefficient (Wildman–Crippen LogP) is 0.828. The van der Waals surface area contributed by atoms with Gasteiger partial charge in [-0.05, 0) is 74.8 Å². The van der Waals surface area contributed by atoms with Gasteiger partial charge in [0.05, 0.1) is 7.11 Å². The maximum Gasteiger partial charge on any atom is 0.330 e. The molecule has 0 aliphatic carbocycles. The van der Waals surface area contributed by atoms with Crippen molar-refractivity contribution in [3.05, 3.63) is 10.4 Å². The van der Waals surface area contributed by atoms with Gasteiger partial charge in [-0.25, -0.2) is 4.79 Å². The fourth-order valence-electron chi connectivity index (χ4n) is 2.39. The third kappa shape index (κ3) is 7.91. The second-order valence-corrected chi connectivity index (χ2v) is 10.6. The molecule has 0 heterocycles. The van der Waals surface area contributed by atoms with Gasteiger partial charge in [-0.2, -0.15) is 0 Å². The summed E-state index contributed by atoms with van der Waals surface area (Å²) >= 11 is 0. The van der Waals surface area contributed by atoms with Crippen molar-refractivity contribution in [3.8, 4) is 0 Å². The van der Waals surface area contributed by atoms with Crippen LogP contribution in [0.2, 0.25) is 0 Å². The fourth-order valence-corrected chi connectivity index (χ4v) is 2.39. The summed E-state index contributed by atoms with van der Waals surface area (Å²) in [5.74, 6) is -3.37. The highest BCUT2D eigenvalue weighted by molar-refractivity contribution is 6.00. The van der Waals surface area contributed by atoms with Crippen LogP contribution in [0.15, 0.2) is 5.11 Å². The third-order valence-electron chi connectivity index (χ3n) is 4.95. The van der Waals surface area contributed by atoms with Gasteiger partial charge in [0.25, 0.3) is 0 Å². The van der Waals surface area contributed by atoms with Gasteiger partial charge >= 0.3 is 5.97 Å². The number of amides is 4.